The molecule has 0 aliphatic heterocycles. The molecule has 1 aliphatic carbocycles. The summed E-state index contributed by atoms with van der Waals surface area (Å²) >= 11 is 0. The predicted molar refractivity (Wildman–Crippen MR) is 59.6 cm³/mol. The van der Waals surface area contributed by atoms with Crippen LogP contribution in [-0.2, 0) is 14.4 Å². The molecule has 90 valence electrons. The zero-order valence-electron chi connectivity index (χ0n) is 9.91. The highest BCUT2D eigenvalue weighted by atomic mass is 16.2. The van der Waals surface area contributed by atoms with E-state index < -0.39 is 5.92 Å². The normalized spacial score (nSPS) is 21.1. The van der Waals surface area contributed by atoms with Crippen LogP contribution >= 0.6 is 0 Å². The molecule has 0 spiro atoms. The molecule has 0 unspecified atom stereocenters. The molecule has 0 radical (unpaired) electrons. The third kappa shape index (κ3) is 3.43. The quantitative estimate of drug-likeness (QED) is 0.731. The van der Waals surface area contributed by atoms with Gasteiger partial charge in [-0.05, 0) is 18.3 Å². The second-order valence-corrected chi connectivity index (χ2v) is 5.36. The summed E-state index contributed by atoms with van der Waals surface area (Å²) in [6.45, 7) is 3.87. The number of primary amides is 1. The van der Waals surface area contributed by atoms with Crippen molar-refractivity contribution in [2.45, 2.75) is 46.0 Å². The van der Waals surface area contributed by atoms with E-state index in [0.717, 1.165) is 0 Å². The van der Waals surface area contributed by atoms with E-state index in [2.05, 4.69) is 0 Å². The van der Waals surface area contributed by atoms with Crippen molar-refractivity contribution in [1.29, 1.82) is 0 Å². The number of hydrogen-bond donors (Lipinski definition) is 1. The van der Waals surface area contributed by atoms with E-state index in [4.69, 9.17) is 5.73 Å². The molecule has 4 heteroatoms. The Morgan fingerprint density at radius 3 is 2.25 bits per heavy atom. The van der Waals surface area contributed by atoms with Gasteiger partial charge in [-0.15, -0.1) is 0 Å². The van der Waals surface area contributed by atoms with Crippen molar-refractivity contribution in [1.82, 2.24) is 0 Å². The van der Waals surface area contributed by atoms with E-state index in [0.29, 0.717) is 25.7 Å². The topological polar surface area (TPSA) is 77.2 Å². The van der Waals surface area contributed by atoms with Crippen molar-refractivity contribution < 1.29 is 14.4 Å². The zero-order valence-corrected chi connectivity index (χ0v) is 9.91. The van der Waals surface area contributed by atoms with E-state index in [9.17, 15) is 14.4 Å². The molecular formula is C12H19NO3. The van der Waals surface area contributed by atoms with Gasteiger partial charge in [0.25, 0.3) is 0 Å². The number of hydrogen-bond acceptors (Lipinski definition) is 3. The molecule has 1 fully saturated rings. The summed E-state index contributed by atoms with van der Waals surface area (Å²) in [7, 11) is 0. The van der Waals surface area contributed by atoms with Crippen LogP contribution in [-0.4, -0.2) is 17.5 Å². The Morgan fingerprint density at radius 2 is 1.81 bits per heavy atom. The summed E-state index contributed by atoms with van der Waals surface area (Å²) in [4.78, 5) is 34.1. The Hall–Kier alpha value is -1.19. The molecule has 0 saturated heterocycles. The maximum Gasteiger partial charge on any atom is 0.217 e. The number of rotatable bonds is 4. The van der Waals surface area contributed by atoms with Crippen LogP contribution in [0.1, 0.15) is 46.0 Å². The Labute approximate surface area is 95.6 Å². The molecule has 0 aromatic heterocycles. The monoisotopic (exact) mass is 225 g/mol. The molecule has 1 aliphatic rings. The second kappa shape index (κ2) is 4.76. The van der Waals surface area contributed by atoms with Gasteiger partial charge in [-0.2, -0.15) is 0 Å². The lowest BCUT2D eigenvalue weighted by molar-refractivity contribution is -0.140. The number of ketones is 2. The van der Waals surface area contributed by atoms with Gasteiger partial charge in [0.15, 0.2) is 0 Å². The van der Waals surface area contributed by atoms with Crippen LogP contribution in [0.25, 0.3) is 0 Å². The largest absolute Gasteiger partial charge is 0.370 e. The van der Waals surface area contributed by atoms with Crippen LogP contribution in [0.4, 0.5) is 0 Å². The first kappa shape index (κ1) is 12.9. The first-order chi connectivity index (χ1) is 7.32. The van der Waals surface area contributed by atoms with Gasteiger partial charge in [-0.25, -0.2) is 0 Å². The van der Waals surface area contributed by atoms with Crippen LogP contribution in [0.5, 0.6) is 0 Å². The SMILES string of the molecule is CC1(C)CC(=O)C(CCCC(N)=O)C(=O)C1. The van der Waals surface area contributed by atoms with Crippen LogP contribution in [0, 0.1) is 11.3 Å². The molecule has 16 heavy (non-hydrogen) atoms. The maximum absolute atomic E-state index is 11.8. The van der Waals surface area contributed by atoms with Crippen LogP contribution in [0.15, 0.2) is 0 Å². The minimum Gasteiger partial charge on any atom is -0.370 e. The highest BCUT2D eigenvalue weighted by Gasteiger charge is 2.38. The van der Waals surface area contributed by atoms with Crippen LogP contribution in [0.2, 0.25) is 0 Å². The van der Waals surface area contributed by atoms with Gasteiger partial charge >= 0.3 is 0 Å². The van der Waals surface area contributed by atoms with Crippen molar-refractivity contribution in [3.05, 3.63) is 0 Å². The Morgan fingerprint density at radius 1 is 1.31 bits per heavy atom. The zero-order chi connectivity index (χ0) is 12.3. The van der Waals surface area contributed by atoms with E-state index in [1.807, 2.05) is 13.8 Å². The molecule has 0 heterocycles. The number of amides is 1. The second-order valence-electron chi connectivity index (χ2n) is 5.36. The van der Waals surface area contributed by atoms with E-state index in [1.165, 1.54) is 0 Å². The number of nitrogens with two attached hydrogens (primary N) is 1. The fraction of sp³-hybridized carbons (Fsp3) is 0.750. The molecule has 0 bridgehead atoms. The van der Waals surface area contributed by atoms with Gasteiger partial charge in [-0.1, -0.05) is 13.8 Å². The lowest BCUT2D eigenvalue weighted by atomic mass is 9.70. The molecular weight excluding hydrogens is 206 g/mol. The van der Waals surface area contributed by atoms with Crippen molar-refractivity contribution in [2.75, 3.05) is 0 Å². The Balaban J connectivity index is 2.51. The Kier molecular flexibility index (Phi) is 3.83. The standard InChI is InChI=1S/C12H19NO3/c1-12(2)6-9(14)8(10(15)7-12)4-3-5-11(13)16/h8H,3-7H2,1-2H3,(H2,13,16). The summed E-state index contributed by atoms with van der Waals surface area (Å²) in [5.41, 5.74) is 4.81. The third-order valence-electron chi connectivity index (χ3n) is 3.00. The van der Waals surface area contributed by atoms with Crippen LogP contribution < -0.4 is 5.73 Å². The summed E-state index contributed by atoms with van der Waals surface area (Å²) in [6, 6.07) is 0. The molecule has 1 amide bonds. The lowest BCUT2D eigenvalue weighted by Crippen LogP contribution is -2.37. The molecule has 0 aromatic carbocycles. The fourth-order valence-electron chi connectivity index (χ4n) is 2.23. The van der Waals surface area contributed by atoms with Crippen molar-refractivity contribution in [3.8, 4) is 0 Å². The molecule has 0 atom stereocenters. The molecule has 4 nitrogen and oxygen atoms in total. The average molecular weight is 225 g/mol. The molecule has 1 saturated carbocycles. The van der Waals surface area contributed by atoms with Crippen molar-refractivity contribution >= 4 is 17.5 Å². The Bertz CT molecular complexity index is 300. The maximum atomic E-state index is 11.8. The first-order valence-electron chi connectivity index (χ1n) is 5.65. The van der Waals surface area contributed by atoms with Gasteiger partial charge in [0.05, 0.1) is 5.92 Å². The van der Waals surface area contributed by atoms with Gasteiger partial charge in [0.1, 0.15) is 11.6 Å². The number of carbonyl (C=O) groups is 3. The first-order valence-corrected chi connectivity index (χ1v) is 5.65. The van der Waals surface area contributed by atoms with Gasteiger partial charge < -0.3 is 5.73 Å². The minimum atomic E-state index is -0.493. The van der Waals surface area contributed by atoms with Gasteiger partial charge in [0.2, 0.25) is 5.91 Å². The predicted octanol–water partition coefficient (Wildman–Crippen LogP) is 1.22. The summed E-state index contributed by atoms with van der Waals surface area (Å²) in [5.74, 6) is -0.833. The average Bonchev–Trinajstić information content (AvgIpc) is 2.07. The molecule has 0 aromatic rings. The lowest BCUT2D eigenvalue weighted by Gasteiger charge is -2.31. The van der Waals surface area contributed by atoms with E-state index in [-0.39, 0.29) is 29.3 Å². The smallest absolute Gasteiger partial charge is 0.217 e. The van der Waals surface area contributed by atoms with Crippen molar-refractivity contribution in [2.24, 2.45) is 17.1 Å². The molecule has 2 N–H and O–H groups in total. The van der Waals surface area contributed by atoms with E-state index in [1.54, 1.807) is 0 Å². The van der Waals surface area contributed by atoms with Crippen molar-refractivity contribution in [3.63, 3.8) is 0 Å². The highest BCUT2D eigenvalue weighted by molar-refractivity contribution is 6.05. The van der Waals surface area contributed by atoms with Crippen LogP contribution in [0.3, 0.4) is 0 Å². The summed E-state index contributed by atoms with van der Waals surface area (Å²) in [5, 5.41) is 0. The fourth-order valence-corrected chi connectivity index (χ4v) is 2.23. The molecule has 1 rings (SSSR count). The van der Waals surface area contributed by atoms with Gasteiger partial charge in [-0.3, -0.25) is 14.4 Å². The van der Waals surface area contributed by atoms with Gasteiger partial charge in [0, 0.05) is 19.3 Å². The van der Waals surface area contributed by atoms with E-state index >= 15 is 0 Å². The highest BCUT2D eigenvalue weighted by Crippen LogP contribution is 2.35. The number of Topliss-reactive ketones (excluding diaryl/α,β-unsaturated/α-hetero) is 2. The summed E-state index contributed by atoms with van der Waals surface area (Å²) in [6.07, 6.45) is 2.16. The number of carbonyl (C=O) groups excluding carboxylic acids is 3. The summed E-state index contributed by atoms with van der Waals surface area (Å²) < 4.78 is 0. The third-order valence-corrected chi connectivity index (χ3v) is 3.00. The minimum absolute atomic E-state index is 0.0192.